The molecule has 4 N–H and O–H groups in total. The summed E-state index contributed by atoms with van der Waals surface area (Å²) >= 11 is 0. The van der Waals surface area contributed by atoms with E-state index < -0.39 is 5.97 Å². The van der Waals surface area contributed by atoms with Crippen LogP contribution in [0.25, 0.3) is 0 Å². The Morgan fingerprint density at radius 1 is 1.40 bits per heavy atom. The lowest BCUT2D eigenvalue weighted by Crippen LogP contribution is -2.05. The molecule has 0 spiro atoms. The maximum atomic E-state index is 11.0. The maximum absolute atomic E-state index is 11.0. The van der Waals surface area contributed by atoms with Gasteiger partial charge in [0.25, 0.3) is 0 Å². The third-order valence-electron chi connectivity index (χ3n) is 2.79. The van der Waals surface area contributed by atoms with E-state index in [0.29, 0.717) is 18.1 Å². The molecule has 0 fully saturated rings. The Labute approximate surface area is 116 Å². The number of pyridine rings is 1. The van der Waals surface area contributed by atoms with Gasteiger partial charge in [0.1, 0.15) is 0 Å². The van der Waals surface area contributed by atoms with E-state index in [-0.39, 0.29) is 11.3 Å². The van der Waals surface area contributed by atoms with Crippen molar-refractivity contribution in [1.29, 1.82) is 0 Å². The van der Waals surface area contributed by atoms with Crippen LogP contribution in [0.3, 0.4) is 0 Å². The highest BCUT2D eigenvalue weighted by atomic mass is 16.5. The summed E-state index contributed by atoms with van der Waals surface area (Å²) in [4.78, 5) is 15.1. The number of anilines is 2. The Morgan fingerprint density at radius 3 is 2.80 bits per heavy atom. The fourth-order valence-electron chi connectivity index (χ4n) is 1.69. The molecule has 0 aliphatic carbocycles. The van der Waals surface area contributed by atoms with E-state index in [1.165, 1.54) is 6.07 Å². The molecule has 2 aromatic rings. The Kier molecular flexibility index (Phi) is 4.05. The van der Waals surface area contributed by atoms with E-state index in [4.69, 9.17) is 15.6 Å². The Morgan fingerprint density at radius 2 is 2.20 bits per heavy atom. The Hall–Kier alpha value is -2.76. The number of nitrogens with zero attached hydrogens (tertiary/aromatic N) is 1. The number of carbonyl (C=O) groups is 1. The third kappa shape index (κ3) is 3.17. The van der Waals surface area contributed by atoms with Gasteiger partial charge in [0.15, 0.2) is 0 Å². The van der Waals surface area contributed by atoms with E-state index in [2.05, 4.69) is 10.3 Å². The predicted octanol–water partition coefficient (Wildman–Crippen LogP) is 1.98. The van der Waals surface area contributed by atoms with E-state index in [1.807, 2.05) is 6.07 Å². The molecule has 0 aliphatic rings. The monoisotopic (exact) mass is 273 g/mol. The van der Waals surface area contributed by atoms with Crippen LogP contribution in [0.4, 0.5) is 11.4 Å². The fraction of sp³-hybridized carbons (Fsp3) is 0.143. The van der Waals surface area contributed by atoms with E-state index in [1.54, 1.807) is 31.5 Å². The standard InChI is InChI=1S/C14H15N3O3/c1-20-13-5-2-9(8-17-13)7-16-10-3-4-12(15)11(6-10)14(18)19/h2-6,8,16H,7,15H2,1H3,(H,18,19). The lowest BCUT2D eigenvalue weighted by Gasteiger charge is -2.09. The molecule has 0 aliphatic heterocycles. The zero-order chi connectivity index (χ0) is 14.5. The molecule has 0 unspecified atom stereocenters. The second-order valence-corrected chi connectivity index (χ2v) is 4.17. The zero-order valence-electron chi connectivity index (χ0n) is 11.0. The van der Waals surface area contributed by atoms with Crippen molar-refractivity contribution in [1.82, 2.24) is 4.98 Å². The van der Waals surface area contributed by atoms with Crippen molar-refractivity contribution in [2.75, 3.05) is 18.2 Å². The topological polar surface area (TPSA) is 97.5 Å². The molecule has 0 bridgehead atoms. The van der Waals surface area contributed by atoms with Crippen LogP contribution < -0.4 is 15.8 Å². The van der Waals surface area contributed by atoms with Crippen LogP contribution in [0.1, 0.15) is 15.9 Å². The van der Waals surface area contributed by atoms with Gasteiger partial charge in [-0.1, -0.05) is 6.07 Å². The minimum absolute atomic E-state index is 0.0860. The molecule has 1 aromatic heterocycles. The highest BCUT2D eigenvalue weighted by Gasteiger charge is 2.08. The molecule has 6 heteroatoms. The summed E-state index contributed by atoms with van der Waals surface area (Å²) in [5.74, 6) is -0.494. The molecule has 6 nitrogen and oxygen atoms in total. The number of nitrogen functional groups attached to an aromatic ring is 1. The first kappa shape index (κ1) is 13.7. The number of aromatic nitrogens is 1. The molecule has 0 saturated heterocycles. The lowest BCUT2D eigenvalue weighted by atomic mass is 10.1. The summed E-state index contributed by atoms with van der Waals surface area (Å²) < 4.78 is 4.98. The van der Waals surface area contributed by atoms with Gasteiger partial charge < -0.3 is 20.9 Å². The first-order valence-electron chi connectivity index (χ1n) is 5.96. The highest BCUT2D eigenvalue weighted by molar-refractivity contribution is 5.94. The minimum Gasteiger partial charge on any atom is -0.481 e. The SMILES string of the molecule is COc1ccc(CNc2ccc(N)c(C(=O)O)c2)cn1. The second kappa shape index (κ2) is 5.92. The van der Waals surface area contributed by atoms with Crippen molar-refractivity contribution < 1.29 is 14.6 Å². The van der Waals surface area contributed by atoms with Gasteiger partial charge in [-0.05, 0) is 23.8 Å². The highest BCUT2D eigenvalue weighted by Crippen LogP contribution is 2.18. The number of carboxylic acids is 1. The molecule has 0 atom stereocenters. The number of ether oxygens (including phenoxy) is 1. The quantitative estimate of drug-likeness (QED) is 0.721. The number of hydrogen-bond donors (Lipinski definition) is 3. The van der Waals surface area contributed by atoms with Crippen LogP contribution in [0.15, 0.2) is 36.5 Å². The molecule has 1 aromatic carbocycles. The normalized spacial score (nSPS) is 10.1. The molecule has 0 radical (unpaired) electrons. The van der Waals surface area contributed by atoms with Crippen molar-refractivity contribution in [3.63, 3.8) is 0 Å². The van der Waals surface area contributed by atoms with Crippen LogP contribution in [0.5, 0.6) is 5.88 Å². The number of methoxy groups -OCH3 is 1. The van der Waals surface area contributed by atoms with Crippen molar-refractivity contribution in [3.8, 4) is 5.88 Å². The van der Waals surface area contributed by atoms with Gasteiger partial charge >= 0.3 is 5.97 Å². The molecule has 2 rings (SSSR count). The van der Waals surface area contributed by atoms with Gasteiger partial charge in [-0.3, -0.25) is 0 Å². The summed E-state index contributed by atoms with van der Waals surface area (Å²) in [7, 11) is 1.56. The molecular formula is C14H15N3O3. The summed E-state index contributed by atoms with van der Waals surface area (Å²) in [6.07, 6.45) is 1.70. The van der Waals surface area contributed by atoms with Crippen molar-refractivity contribution in [2.24, 2.45) is 0 Å². The van der Waals surface area contributed by atoms with Gasteiger partial charge in [-0.25, -0.2) is 9.78 Å². The van der Waals surface area contributed by atoms with Crippen LogP contribution in [0, 0.1) is 0 Å². The fourth-order valence-corrected chi connectivity index (χ4v) is 1.69. The van der Waals surface area contributed by atoms with Crippen LogP contribution in [0.2, 0.25) is 0 Å². The first-order valence-corrected chi connectivity index (χ1v) is 5.96. The van der Waals surface area contributed by atoms with Crippen LogP contribution >= 0.6 is 0 Å². The van der Waals surface area contributed by atoms with Gasteiger partial charge in [0.2, 0.25) is 5.88 Å². The minimum atomic E-state index is -1.04. The molecule has 0 saturated carbocycles. The zero-order valence-corrected chi connectivity index (χ0v) is 11.0. The maximum Gasteiger partial charge on any atom is 0.337 e. The van der Waals surface area contributed by atoms with Gasteiger partial charge in [-0.2, -0.15) is 0 Å². The molecule has 20 heavy (non-hydrogen) atoms. The Bertz CT molecular complexity index is 612. The number of nitrogens with two attached hydrogens (primary N) is 1. The number of nitrogens with one attached hydrogen (secondary N) is 1. The summed E-state index contributed by atoms with van der Waals surface area (Å²) in [5.41, 5.74) is 7.57. The van der Waals surface area contributed by atoms with Gasteiger partial charge in [-0.15, -0.1) is 0 Å². The van der Waals surface area contributed by atoms with E-state index in [9.17, 15) is 4.79 Å². The van der Waals surface area contributed by atoms with Gasteiger partial charge in [0.05, 0.1) is 12.7 Å². The summed E-state index contributed by atoms with van der Waals surface area (Å²) in [5, 5.41) is 12.1. The van der Waals surface area contributed by atoms with Crippen molar-refractivity contribution in [3.05, 3.63) is 47.7 Å². The van der Waals surface area contributed by atoms with Crippen molar-refractivity contribution >= 4 is 17.3 Å². The van der Waals surface area contributed by atoms with Gasteiger partial charge in [0, 0.05) is 30.2 Å². The Balaban J connectivity index is 2.06. The average molecular weight is 273 g/mol. The molecule has 1 heterocycles. The lowest BCUT2D eigenvalue weighted by molar-refractivity contribution is 0.0698. The number of hydrogen-bond acceptors (Lipinski definition) is 5. The van der Waals surface area contributed by atoms with Crippen molar-refractivity contribution in [2.45, 2.75) is 6.54 Å². The predicted molar refractivity (Wildman–Crippen MR) is 75.9 cm³/mol. The number of aromatic carboxylic acids is 1. The molecule has 0 amide bonds. The van der Waals surface area contributed by atoms with Crippen LogP contribution in [-0.4, -0.2) is 23.2 Å². The third-order valence-corrected chi connectivity index (χ3v) is 2.79. The number of benzene rings is 1. The second-order valence-electron chi connectivity index (χ2n) is 4.17. The van der Waals surface area contributed by atoms with Crippen LogP contribution in [-0.2, 0) is 6.54 Å². The molecule has 104 valence electrons. The number of carboxylic acid groups (broad SMARTS) is 1. The average Bonchev–Trinajstić information content (AvgIpc) is 2.46. The van der Waals surface area contributed by atoms with E-state index >= 15 is 0 Å². The molecular weight excluding hydrogens is 258 g/mol. The largest absolute Gasteiger partial charge is 0.481 e. The number of rotatable bonds is 5. The summed E-state index contributed by atoms with van der Waals surface area (Å²) in [6.45, 7) is 0.528. The summed E-state index contributed by atoms with van der Waals surface area (Å²) in [6, 6.07) is 8.46. The van der Waals surface area contributed by atoms with E-state index in [0.717, 1.165) is 5.56 Å². The smallest absolute Gasteiger partial charge is 0.337 e. The first-order chi connectivity index (χ1) is 9.60.